The number of piperazine rings is 1. The van der Waals surface area contributed by atoms with Gasteiger partial charge >= 0.3 is 0 Å². The summed E-state index contributed by atoms with van der Waals surface area (Å²) < 4.78 is 0. The Kier molecular flexibility index (Phi) is 5.05. The van der Waals surface area contributed by atoms with E-state index in [1.165, 1.54) is 52.1 Å². The molecule has 2 aliphatic rings. The van der Waals surface area contributed by atoms with E-state index in [0.29, 0.717) is 12.1 Å². The van der Waals surface area contributed by atoms with Crippen LogP contribution in [0, 0.1) is 0 Å². The Hall–Kier alpha value is -0.120. The van der Waals surface area contributed by atoms with Gasteiger partial charge in [0.25, 0.3) is 0 Å². The first-order chi connectivity index (χ1) is 8.58. The highest BCUT2D eigenvalue weighted by atomic mass is 15.3. The second-order valence-electron chi connectivity index (χ2n) is 6.55. The van der Waals surface area contributed by atoms with Crippen molar-refractivity contribution in [2.45, 2.75) is 58.7 Å². The van der Waals surface area contributed by atoms with Gasteiger partial charge in [-0.2, -0.15) is 0 Å². The normalized spacial score (nSPS) is 29.3. The number of hydrogen-bond acceptors (Lipinski definition) is 3. The molecule has 0 radical (unpaired) electrons. The summed E-state index contributed by atoms with van der Waals surface area (Å²) in [6.07, 6.45) is 2.79. The first-order valence-corrected chi connectivity index (χ1v) is 7.80. The first-order valence-electron chi connectivity index (χ1n) is 7.80. The minimum atomic E-state index is 0.713. The molecule has 0 aromatic rings. The second kappa shape index (κ2) is 6.36. The molecule has 2 rings (SSSR count). The fraction of sp³-hybridized carbons (Fsp3) is 1.00. The molecule has 0 aromatic carbocycles. The molecule has 1 unspecified atom stereocenters. The van der Waals surface area contributed by atoms with Crippen LogP contribution in [0.5, 0.6) is 0 Å². The predicted octanol–water partition coefficient (Wildman–Crippen LogP) is 1.89. The monoisotopic (exact) mass is 253 g/mol. The van der Waals surface area contributed by atoms with Gasteiger partial charge in [0.2, 0.25) is 0 Å². The molecular formula is C15H31N3. The van der Waals surface area contributed by atoms with Crippen LogP contribution < -0.4 is 0 Å². The van der Waals surface area contributed by atoms with Crippen LogP contribution >= 0.6 is 0 Å². The maximum Gasteiger partial charge on any atom is 0.0224 e. The van der Waals surface area contributed by atoms with E-state index >= 15 is 0 Å². The molecule has 3 heteroatoms. The molecule has 0 aliphatic carbocycles. The van der Waals surface area contributed by atoms with Gasteiger partial charge in [-0.1, -0.05) is 0 Å². The van der Waals surface area contributed by atoms with E-state index in [1.54, 1.807) is 0 Å². The van der Waals surface area contributed by atoms with Crippen molar-refractivity contribution in [3.05, 3.63) is 0 Å². The highest BCUT2D eigenvalue weighted by Gasteiger charge is 2.29. The molecule has 0 aromatic heterocycles. The molecular weight excluding hydrogens is 222 g/mol. The lowest BCUT2D eigenvalue weighted by Crippen LogP contribution is -2.56. The van der Waals surface area contributed by atoms with Gasteiger partial charge in [-0.15, -0.1) is 0 Å². The molecule has 2 aliphatic heterocycles. The third-order valence-electron chi connectivity index (χ3n) is 4.75. The fourth-order valence-electron chi connectivity index (χ4n) is 3.37. The lowest BCUT2D eigenvalue weighted by molar-refractivity contribution is 0.0347. The van der Waals surface area contributed by atoms with Crippen LogP contribution in [0.4, 0.5) is 0 Å². The zero-order valence-corrected chi connectivity index (χ0v) is 12.7. The Balaban J connectivity index is 1.82. The summed E-state index contributed by atoms with van der Waals surface area (Å²) in [5.41, 5.74) is 0. The second-order valence-corrected chi connectivity index (χ2v) is 6.55. The summed E-state index contributed by atoms with van der Waals surface area (Å²) in [5, 5.41) is 0. The fourth-order valence-corrected chi connectivity index (χ4v) is 3.37. The summed E-state index contributed by atoms with van der Waals surface area (Å²) in [5.74, 6) is 0. The standard InChI is InChI=1S/C15H31N3/c1-13(2)16-8-10-17(11-9-16)15-6-5-7-18(12-15)14(3)4/h13-15H,5-12H2,1-4H3. The van der Waals surface area contributed by atoms with Gasteiger partial charge in [0.05, 0.1) is 0 Å². The number of nitrogens with zero attached hydrogens (tertiary/aromatic N) is 3. The van der Waals surface area contributed by atoms with Crippen molar-refractivity contribution in [3.8, 4) is 0 Å². The number of rotatable bonds is 3. The Bertz CT molecular complexity index is 244. The molecule has 1 atom stereocenters. The SMILES string of the molecule is CC(C)N1CCN(C2CCCN(C(C)C)C2)CC1. The first kappa shape index (κ1) is 14.3. The minimum absolute atomic E-state index is 0.713. The van der Waals surface area contributed by atoms with Crippen LogP contribution in [0.25, 0.3) is 0 Å². The van der Waals surface area contributed by atoms with Crippen LogP contribution in [0.1, 0.15) is 40.5 Å². The van der Waals surface area contributed by atoms with Gasteiger partial charge in [0, 0.05) is 50.8 Å². The van der Waals surface area contributed by atoms with Crippen molar-refractivity contribution in [3.63, 3.8) is 0 Å². The maximum absolute atomic E-state index is 2.74. The average molecular weight is 253 g/mol. The lowest BCUT2D eigenvalue weighted by atomic mass is 10.0. The molecule has 18 heavy (non-hydrogen) atoms. The molecule has 2 fully saturated rings. The van der Waals surface area contributed by atoms with Crippen LogP contribution in [0.3, 0.4) is 0 Å². The van der Waals surface area contributed by atoms with Gasteiger partial charge in [-0.25, -0.2) is 0 Å². The summed E-state index contributed by atoms with van der Waals surface area (Å²) >= 11 is 0. The largest absolute Gasteiger partial charge is 0.299 e. The van der Waals surface area contributed by atoms with Crippen molar-refractivity contribution >= 4 is 0 Å². The van der Waals surface area contributed by atoms with Gasteiger partial charge in [-0.05, 0) is 47.1 Å². The molecule has 0 N–H and O–H groups in total. The lowest BCUT2D eigenvalue weighted by Gasteiger charge is -2.45. The highest BCUT2D eigenvalue weighted by Crippen LogP contribution is 2.19. The van der Waals surface area contributed by atoms with Gasteiger partial charge in [-0.3, -0.25) is 14.7 Å². The topological polar surface area (TPSA) is 9.72 Å². The molecule has 106 valence electrons. The van der Waals surface area contributed by atoms with Gasteiger partial charge in [0.15, 0.2) is 0 Å². The van der Waals surface area contributed by atoms with E-state index in [1.807, 2.05) is 0 Å². The molecule has 0 amide bonds. The minimum Gasteiger partial charge on any atom is -0.299 e. The van der Waals surface area contributed by atoms with Crippen molar-refractivity contribution in [1.82, 2.24) is 14.7 Å². The molecule has 3 nitrogen and oxygen atoms in total. The predicted molar refractivity (Wildman–Crippen MR) is 78.0 cm³/mol. The number of piperidine rings is 1. The number of hydrogen-bond donors (Lipinski definition) is 0. The van der Waals surface area contributed by atoms with E-state index in [2.05, 4.69) is 42.4 Å². The van der Waals surface area contributed by atoms with E-state index in [9.17, 15) is 0 Å². The smallest absolute Gasteiger partial charge is 0.0224 e. The van der Waals surface area contributed by atoms with Crippen molar-refractivity contribution in [2.75, 3.05) is 39.3 Å². The summed E-state index contributed by atoms with van der Waals surface area (Å²) in [4.78, 5) is 8.01. The molecule has 2 saturated heterocycles. The molecule has 2 heterocycles. The van der Waals surface area contributed by atoms with Crippen LogP contribution in [0.15, 0.2) is 0 Å². The average Bonchev–Trinajstić information content (AvgIpc) is 2.39. The van der Waals surface area contributed by atoms with E-state index in [0.717, 1.165) is 6.04 Å². The van der Waals surface area contributed by atoms with Gasteiger partial charge < -0.3 is 0 Å². The third kappa shape index (κ3) is 3.46. The maximum atomic E-state index is 2.74. The molecule has 0 bridgehead atoms. The van der Waals surface area contributed by atoms with Crippen LogP contribution in [-0.2, 0) is 0 Å². The van der Waals surface area contributed by atoms with Gasteiger partial charge in [0.1, 0.15) is 0 Å². The summed E-state index contributed by atoms with van der Waals surface area (Å²) in [6.45, 7) is 17.0. The van der Waals surface area contributed by atoms with Crippen LogP contribution in [-0.4, -0.2) is 72.1 Å². The summed E-state index contributed by atoms with van der Waals surface area (Å²) in [6, 6.07) is 2.24. The zero-order chi connectivity index (χ0) is 13.1. The molecule has 0 saturated carbocycles. The van der Waals surface area contributed by atoms with Crippen molar-refractivity contribution in [2.24, 2.45) is 0 Å². The quantitative estimate of drug-likeness (QED) is 0.760. The van der Waals surface area contributed by atoms with E-state index < -0.39 is 0 Å². The Labute approximate surface area is 113 Å². The van der Waals surface area contributed by atoms with Crippen molar-refractivity contribution < 1.29 is 0 Å². The Morgan fingerprint density at radius 2 is 1.39 bits per heavy atom. The molecule has 0 spiro atoms. The Morgan fingerprint density at radius 1 is 0.778 bits per heavy atom. The van der Waals surface area contributed by atoms with E-state index in [4.69, 9.17) is 0 Å². The number of likely N-dealkylation sites (tertiary alicyclic amines) is 1. The summed E-state index contributed by atoms with van der Waals surface area (Å²) in [7, 11) is 0. The highest BCUT2D eigenvalue weighted by molar-refractivity contribution is 4.85. The van der Waals surface area contributed by atoms with Crippen LogP contribution in [0.2, 0.25) is 0 Å². The van der Waals surface area contributed by atoms with E-state index in [-0.39, 0.29) is 0 Å². The zero-order valence-electron chi connectivity index (χ0n) is 12.7. The third-order valence-corrected chi connectivity index (χ3v) is 4.75. The van der Waals surface area contributed by atoms with Crippen molar-refractivity contribution in [1.29, 1.82) is 0 Å². The Morgan fingerprint density at radius 3 is 1.94 bits per heavy atom.